The molecule has 0 aromatic carbocycles. The summed E-state index contributed by atoms with van der Waals surface area (Å²) < 4.78 is 19.6. The van der Waals surface area contributed by atoms with Crippen molar-refractivity contribution in [2.75, 3.05) is 6.54 Å². The van der Waals surface area contributed by atoms with Crippen LogP contribution in [0.4, 0.5) is 9.18 Å². The van der Waals surface area contributed by atoms with E-state index in [4.69, 9.17) is 10.1 Å². The van der Waals surface area contributed by atoms with Gasteiger partial charge in [0.15, 0.2) is 0 Å². The highest BCUT2D eigenvalue weighted by molar-refractivity contribution is 5.92. The molecular weight excluding hydrogens is 297 g/mol. The summed E-state index contributed by atoms with van der Waals surface area (Å²) in [4.78, 5) is 17.9. The molecule has 0 aliphatic heterocycles. The molecule has 1 amide bonds. The molecule has 2 rings (SSSR count). The van der Waals surface area contributed by atoms with E-state index >= 15 is 0 Å². The number of amides is 1. The summed E-state index contributed by atoms with van der Waals surface area (Å²) in [6.07, 6.45) is 3.43. The molecule has 0 atom stereocenters. The van der Waals surface area contributed by atoms with Crippen molar-refractivity contribution in [1.82, 2.24) is 9.88 Å². The lowest BCUT2D eigenvalue weighted by Gasteiger charge is -2.44. The summed E-state index contributed by atoms with van der Waals surface area (Å²) in [6, 6.07) is 2.94. The SMILES string of the molecule is CC(=N)N(CC1(c2ncccc2F)CCC1)C(=O)OC(C)(C)C. The van der Waals surface area contributed by atoms with Crippen LogP contribution in [0, 0.1) is 11.2 Å². The Balaban J connectivity index is 2.26. The lowest BCUT2D eigenvalue weighted by atomic mass is 9.66. The first-order chi connectivity index (χ1) is 10.6. The largest absolute Gasteiger partial charge is 0.443 e. The lowest BCUT2D eigenvalue weighted by Crippen LogP contribution is -2.51. The summed E-state index contributed by atoms with van der Waals surface area (Å²) in [5.41, 5.74) is -0.806. The fraction of sp³-hybridized carbons (Fsp3) is 0.588. The Bertz CT molecular complexity index is 606. The Morgan fingerprint density at radius 3 is 2.57 bits per heavy atom. The van der Waals surface area contributed by atoms with Gasteiger partial charge in [0.2, 0.25) is 0 Å². The highest BCUT2D eigenvalue weighted by Crippen LogP contribution is 2.44. The van der Waals surface area contributed by atoms with Gasteiger partial charge >= 0.3 is 6.09 Å². The maximum absolute atomic E-state index is 14.2. The van der Waals surface area contributed by atoms with Gasteiger partial charge < -0.3 is 4.74 Å². The van der Waals surface area contributed by atoms with Gasteiger partial charge in [0, 0.05) is 18.2 Å². The van der Waals surface area contributed by atoms with Crippen LogP contribution in [0.3, 0.4) is 0 Å². The van der Waals surface area contributed by atoms with Crippen LogP contribution in [0.15, 0.2) is 18.3 Å². The predicted molar refractivity (Wildman–Crippen MR) is 86.1 cm³/mol. The molecule has 23 heavy (non-hydrogen) atoms. The van der Waals surface area contributed by atoms with Gasteiger partial charge in [-0.05, 0) is 52.7 Å². The number of nitrogens with one attached hydrogen (secondary N) is 1. The zero-order chi connectivity index (χ0) is 17.3. The second-order valence-electron chi connectivity index (χ2n) is 7.12. The van der Waals surface area contributed by atoms with Crippen LogP contribution < -0.4 is 0 Å². The predicted octanol–water partition coefficient (Wildman–Crippen LogP) is 3.88. The average molecular weight is 321 g/mol. The van der Waals surface area contributed by atoms with E-state index in [0.29, 0.717) is 5.69 Å². The highest BCUT2D eigenvalue weighted by Gasteiger charge is 2.45. The third-order valence-electron chi connectivity index (χ3n) is 4.05. The number of pyridine rings is 1. The van der Waals surface area contributed by atoms with Crippen LogP contribution in [0.5, 0.6) is 0 Å². The monoisotopic (exact) mass is 321 g/mol. The molecule has 126 valence electrons. The van der Waals surface area contributed by atoms with Crippen molar-refractivity contribution in [3.05, 3.63) is 29.8 Å². The summed E-state index contributed by atoms with van der Waals surface area (Å²) in [6.45, 7) is 7.08. The summed E-state index contributed by atoms with van der Waals surface area (Å²) in [5, 5.41) is 7.90. The van der Waals surface area contributed by atoms with Crippen LogP contribution in [0.1, 0.15) is 52.7 Å². The first-order valence-corrected chi connectivity index (χ1v) is 7.81. The molecule has 1 aromatic rings. The van der Waals surface area contributed by atoms with Gasteiger partial charge in [0.25, 0.3) is 0 Å². The topological polar surface area (TPSA) is 66.3 Å². The van der Waals surface area contributed by atoms with E-state index < -0.39 is 17.1 Å². The summed E-state index contributed by atoms with van der Waals surface area (Å²) >= 11 is 0. The molecule has 1 aliphatic rings. The number of halogens is 1. The maximum Gasteiger partial charge on any atom is 0.415 e. The molecule has 0 spiro atoms. The minimum absolute atomic E-state index is 0.0851. The Kier molecular flexibility index (Phi) is 4.73. The average Bonchev–Trinajstić information content (AvgIpc) is 2.36. The molecule has 0 saturated heterocycles. The molecule has 1 fully saturated rings. The van der Waals surface area contributed by atoms with E-state index in [0.717, 1.165) is 19.3 Å². The standard InChI is InChI=1S/C17H24FN3O2/c1-12(19)21(15(22)23-16(2,3)4)11-17(8-6-9-17)14-13(18)7-5-10-20-14/h5,7,10,19H,6,8-9,11H2,1-4H3. The number of carbonyl (C=O) groups is 1. The van der Waals surface area contributed by atoms with Crippen LogP contribution in [0.25, 0.3) is 0 Å². The minimum atomic E-state index is -0.645. The third-order valence-corrected chi connectivity index (χ3v) is 4.05. The quantitative estimate of drug-likeness (QED) is 0.678. The van der Waals surface area contributed by atoms with E-state index in [1.807, 2.05) is 0 Å². The fourth-order valence-corrected chi connectivity index (χ4v) is 2.79. The molecule has 1 aliphatic carbocycles. The Hall–Kier alpha value is -1.98. The molecule has 1 heterocycles. The molecule has 5 nitrogen and oxygen atoms in total. The van der Waals surface area contributed by atoms with Crippen molar-refractivity contribution in [3.8, 4) is 0 Å². The number of hydrogen-bond donors (Lipinski definition) is 1. The van der Waals surface area contributed by atoms with Gasteiger partial charge in [-0.3, -0.25) is 15.3 Å². The van der Waals surface area contributed by atoms with Crippen LogP contribution in [-0.4, -0.2) is 34.0 Å². The van der Waals surface area contributed by atoms with Gasteiger partial charge in [0.1, 0.15) is 17.3 Å². The van der Waals surface area contributed by atoms with Crippen molar-refractivity contribution in [3.63, 3.8) is 0 Å². The number of hydrogen-bond acceptors (Lipinski definition) is 4. The van der Waals surface area contributed by atoms with Crippen molar-refractivity contribution < 1.29 is 13.9 Å². The maximum atomic E-state index is 14.2. The lowest BCUT2D eigenvalue weighted by molar-refractivity contribution is 0.0298. The van der Waals surface area contributed by atoms with E-state index in [9.17, 15) is 9.18 Å². The van der Waals surface area contributed by atoms with Gasteiger partial charge in [-0.1, -0.05) is 6.42 Å². The molecule has 1 saturated carbocycles. The smallest absolute Gasteiger partial charge is 0.415 e. The van der Waals surface area contributed by atoms with E-state index in [2.05, 4.69) is 4.98 Å². The molecule has 0 radical (unpaired) electrons. The van der Waals surface area contributed by atoms with Gasteiger partial charge in [0.05, 0.1) is 5.69 Å². The fourth-order valence-electron chi connectivity index (χ4n) is 2.79. The summed E-state index contributed by atoms with van der Waals surface area (Å²) in [5.74, 6) is -0.277. The van der Waals surface area contributed by atoms with Crippen LogP contribution in [0.2, 0.25) is 0 Å². The number of amidine groups is 1. The van der Waals surface area contributed by atoms with E-state index in [1.165, 1.54) is 17.9 Å². The Morgan fingerprint density at radius 2 is 2.13 bits per heavy atom. The first-order valence-electron chi connectivity index (χ1n) is 7.81. The number of carbonyl (C=O) groups excluding carboxylic acids is 1. The third kappa shape index (κ3) is 3.86. The van der Waals surface area contributed by atoms with E-state index in [1.54, 1.807) is 33.0 Å². The van der Waals surface area contributed by atoms with E-state index in [-0.39, 0.29) is 18.2 Å². The van der Waals surface area contributed by atoms with Crippen molar-refractivity contribution >= 4 is 11.9 Å². The summed E-state index contributed by atoms with van der Waals surface area (Å²) in [7, 11) is 0. The van der Waals surface area contributed by atoms with Gasteiger partial charge in [-0.2, -0.15) is 0 Å². The minimum Gasteiger partial charge on any atom is -0.443 e. The van der Waals surface area contributed by atoms with Gasteiger partial charge in [-0.15, -0.1) is 0 Å². The van der Waals surface area contributed by atoms with Crippen LogP contribution in [-0.2, 0) is 10.2 Å². The number of aromatic nitrogens is 1. The zero-order valence-corrected chi connectivity index (χ0v) is 14.1. The second-order valence-corrected chi connectivity index (χ2v) is 7.12. The molecule has 6 heteroatoms. The molecule has 1 N–H and O–H groups in total. The van der Waals surface area contributed by atoms with Crippen molar-refractivity contribution in [2.24, 2.45) is 0 Å². The first kappa shape index (κ1) is 17.4. The molecular formula is C17H24FN3O2. The second kappa shape index (κ2) is 6.26. The molecule has 0 bridgehead atoms. The Labute approximate surface area is 136 Å². The highest BCUT2D eigenvalue weighted by atomic mass is 19.1. The number of rotatable bonds is 3. The Morgan fingerprint density at radius 1 is 1.48 bits per heavy atom. The van der Waals surface area contributed by atoms with Crippen LogP contribution >= 0.6 is 0 Å². The van der Waals surface area contributed by atoms with Crippen molar-refractivity contribution in [2.45, 2.75) is 58.0 Å². The molecule has 1 aromatic heterocycles. The number of nitrogens with zero attached hydrogens (tertiary/aromatic N) is 2. The van der Waals surface area contributed by atoms with Gasteiger partial charge in [-0.25, -0.2) is 9.18 Å². The molecule has 0 unspecified atom stereocenters. The normalized spacial score (nSPS) is 16.4. The number of ether oxygens (including phenoxy) is 1. The zero-order valence-electron chi connectivity index (χ0n) is 14.1. The van der Waals surface area contributed by atoms with Crippen molar-refractivity contribution in [1.29, 1.82) is 5.41 Å².